The molecule has 0 fully saturated rings. The number of carbonyl (C=O) groups is 4. The first-order chi connectivity index (χ1) is 20.1. The van der Waals surface area contributed by atoms with Gasteiger partial charge in [0.1, 0.15) is 24.4 Å². The second-order valence-corrected chi connectivity index (χ2v) is 10.7. The molecular weight excluding hydrogens is 544 g/mol. The molecule has 0 saturated heterocycles. The first-order valence-corrected chi connectivity index (χ1v) is 14.0. The summed E-state index contributed by atoms with van der Waals surface area (Å²) >= 11 is 0. The van der Waals surface area contributed by atoms with Crippen molar-refractivity contribution < 1.29 is 33.2 Å². The number of nitrogens with one attached hydrogen (secondary N) is 4. The molecule has 2 aromatic heterocycles. The van der Waals surface area contributed by atoms with Gasteiger partial charge in [-0.25, -0.2) is 4.98 Å². The minimum Gasteiger partial charge on any atom is -0.446 e. The maximum absolute atomic E-state index is 13.4. The molecule has 1 aromatic carbocycles. The number of aliphatic hydroxyl groups excluding tert-OH is 1. The van der Waals surface area contributed by atoms with E-state index in [1.807, 2.05) is 44.2 Å². The normalized spacial score (nSPS) is 21.3. The summed E-state index contributed by atoms with van der Waals surface area (Å²) in [5.74, 6) is -1.77. The minimum absolute atomic E-state index is 0.0214. The zero-order chi connectivity index (χ0) is 30.2. The number of aromatic nitrogens is 2. The summed E-state index contributed by atoms with van der Waals surface area (Å²) in [6.45, 7) is 5.57. The highest BCUT2D eigenvalue weighted by Gasteiger charge is 2.33. The van der Waals surface area contributed by atoms with E-state index in [-0.39, 0.29) is 29.6 Å². The second kappa shape index (κ2) is 13.9. The third-order valence-corrected chi connectivity index (χ3v) is 6.77. The van der Waals surface area contributed by atoms with Crippen LogP contribution in [0.3, 0.4) is 0 Å². The predicted molar refractivity (Wildman–Crippen MR) is 150 cm³/mol. The third kappa shape index (κ3) is 7.81. The number of rotatable bonds is 6. The fourth-order valence-electron chi connectivity index (χ4n) is 4.55. The number of benzene rings is 1. The Morgan fingerprint density at radius 3 is 2.57 bits per heavy atom. The van der Waals surface area contributed by atoms with Crippen LogP contribution in [0.25, 0.3) is 11.3 Å². The van der Waals surface area contributed by atoms with Crippen molar-refractivity contribution >= 4 is 23.6 Å². The smallest absolute Gasteiger partial charge is 0.274 e. The molecule has 1 aliphatic rings. The molecule has 2 bridgehead atoms. The Morgan fingerprint density at radius 2 is 1.86 bits per heavy atom. The molecular formula is C29H36N6O7. The highest BCUT2D eigenvalue weighted by atomic mass is 16.5. The molecule has 0 saturated carbocycles. The van der Waals surface area contributed by atoms with E-state index < -0.39 is 47.9 Å². The Labute approximate surface area is 242 Å². The van der Waals surface area contributed by atoms with E-state index in [9.17, 15) is 24.3 Å². The van der Waals surface area contributed by atoms with Crippen LogP contribution in [0.15, 0.2) is 51.6 Å². The van der Waals surface area contributed by atoms with Crippen LogP contribution in [0, 0.1) is 5.92 Å². The van der Waals surface area contributed by atoms with Crippen LogP contribution in [0.4, 0.5) is 0 Å². The Morgan fingerprint density at radius 1 is 1.10 bits per heavy atom. The van der Waals surface area contributed by atoms with Gasteiger partial charge in [0.05, 0.1) is 6.10 Å². The van der Waals surface area contributed by atoms with Crippen LogP contribution in [-0.4, -0.2) is 63.6 Å². The first-order valence-electron chi connectivity index (χ1n) is 14.0. The van der Waals surface area contributed by atoms with Gasteiger partial charge in [-0.05, 0) is 38.5 Å². The summed E-state index contributed by atoms with van der Waals surface area (Å²) in [5.41, 5.74) is 0.788. The molecule has 5 N–H and O–H groups in total. The van der Waals surface area contributed by atoms with Crippen LogP contribution >= 0.6 is 0 Å². The maximum atomic E-state index is 13.4. The van der Waals surface area contributed by atoms with E-state index in [1.165, 1.54) is 19.3 Å². The Bertz CT molecular complexity index is 1380. The molecule has 13 heteroatoms. The van der Waals surface area contributed by atoms with Crippen molar-refractivity contribution in [2.45, 2.75) is 70.7 Å². The molecule has 42 heavy (non-hydrogen) atoms. The van der Waals surface area contributed by atoms with Crippen molar-refractivity contribution in [1.29, 1.82) is 0 Å². The Kier molecular flexibility index (Phi) is 10.1. The van der Waals surface area contributed by atoms with Gasteiger partial charge in [0, 0.05) is 18.2 Å². The van der Waals surface area contributed by atoms with Crippen molar-refractivity contribution in [3.05, 3.63) is 59.9 Å². The summed E-state index contributed by atoms with van der Waals surface area (Å²) in [6.07, 6.45) is 1.52. The summed E-state index contributed by atoms with van der Waals surface area (Å²) < 4.78 is 10.8. The zero-order valence-corrected chi connectivity index (χ0v) is 23.8. The highest BCUT2D eigenvalue weighted by Crippen LogP contribution is 2.22. The SMILES string of the molecule is CC(C)C[C@@H]1NC(=O)[C@H]([C@@H](C)O)NC(=O)[C@@H](NC(=O)c2cc(-c3ccccc3)on2)CCCCNC(=O)c2coc1n2. The molecule has 1 aliphatic heterocycles. The van der Waals surface area contributed by atoms with Gasteiger partial charge in [0.2, 0.25) is 17.7 Å². The van der Waals surface area contributed by atoms with Gasteiger partial charge in [-0.2, -0.15) is 0 Å². The Balaban J connectivity index is 1.55. The maximum Gasteiger partial charge on any atom is 0.274 e. The van der Waals surface area contributed by atoms with E-state index in [4.69, 9.17) is 8.94 Å². The monoisotopic (exact) mass is 580 g/mol. The summed E-state index contributed by atoms with van der Waals surface area (Å²) in [6, 6.07) is 7.47. The second-order valence-electron chi connectivity index (χ2n) is 10.7. The Hall–Kier alpha value is -4.52. The lowest BCUT2D eigenvalue weighted by atomic mass is 10.0. The minimum atomic E-state index is -1.34. The number of fused-ring (bicyclic) bond motifs is 2. The van der Waals surface area contributed by atoms with Crippen LogP contribution in [0.2, 0.25) is 0 Å². The van der Waals surface area contributed by atoms with Crippen molar-refractivity contribution in [2.75, 3.05) is 6.54 Å². The fourth-order valence-corrected chi connectivity index (χ4v) is 4.55. The zero-order valence-electron chi connectivity index (χ0n) is 23.8. The highest BCUT2D eigenvalue weighted by molar-refractivity contribution is 5.97. The molecule has 0 spiro atoms. The molecule has 4 atom stereocenters. The molecule has 0 radical (unpaired) electrons. The summed E-state index contributed by atoms with van der Waals surface area (Å²) in [5, 5.41) is 25.1. The molecule has 4 amide bonds. The fraction of sp³-hybridized carbons (Fsp3) is 0.448. The van der Waals surface area contributed by atoms with E-state index in [1.54, 1.807) is 0 Å². The molecule has 0 aliphatic carbocycles. The number of aliphatic hydroxyl groups is 1. The topological polar surface area (TPSA) is 189 Å². The lowest BCUT2D eigenvalue weighted by Gasteiger charge is -2.26. The summed E-state index contributed by atoms with van der Waals surface area (Å²) in [4.78, 5) is 56.7. The van der Waals surface area contributed by atoms with Gasteiger partial charge < -0.3 is 35.3 Å². The van der Waals surface area contributed by atoms with Gasteiger partial charge in [-0.1, -0.05) is 49.3 Å². The van der Waals surface area contributed by atoms with Crippen LogP contribution in [0.5, 0.6) is 0 Å². The number of nitrogens with zero attached hydrogens (tertiary/aromatic N) is 2. The average molecular weight is 581 g/mol. The van der Waals surface area contributed by atoms with Gasteiger partial charge in [-0.15, -0.1) is 0 Å². The molecule has 3 heterocycles. The van der Waals surface area contributed by atoms with E-state index in [0.29, 0.717) is 31.6 Å². The average Bonchev–Trinajstić information content (AvgIpc) is 3.65. The van der Waals surface area contributed by atoms with E-state index in [0.717, 1.165) is 5.56 Å². The van der Waals surface area contributed by atoms with Crippen LogP contribution in [-0.2, 0) is 9.59 Å². The van der Waals surface area contributed by atoms with E-state index >= 15 is 0 Å². The molecule has 13 nitrogen and oxygen atoms in total. The van der Waals surface area contributed by atoms with Crippen LogP contribution in [0.1, 0.15) is 79.4 Å². The van der Waals surface area contributed by atoms with Crippen molar-refractivity contribution in [3.63, 3.8) is 0 Å². The predicted octanol–water partition coefficient (Wildman–Crippen LogP) is 2.11. The van der Waals surface area contributed by atoms with Crippen molar-refractivity contribution in [2.24, 2.45) is 5.92 Å². The van der Waals surface area contributed by atoms with Gasteiger partial charge in [0.25, 0.3) is 11.8 Å². The molecule has 224 valence electrons. The lowest BCUT2D eigenvalue weighted by Crippen LogP contribution is -2.57. The van der Waals surface area contributed by atoms with Crippen molar-refractivity contribution in [1.82, 2.24) is 31.4 Å². The number of hydrogen-bond donors (Lipinski definition) is 5. The first kappa shape index (κ1) is 30.4. The van der Waals surface area contributed by atoms with Crippen molar-refractivity contribution in [3.8, 4) is 11.3 Å². The van der Waals surface area contributed by atoms with Crippen LogP contribution < -0.4 is 21.3 Å². The number of amides is 4. The molecule has 4 rings (SSSR count). The number of oxazole rings is 1. The largest absolute Gasteiger partial charge is 0.446 e. The third-order valence-electron chi connectivity index (χ3n) is 6.77. The number of hydrogen-bond acceptors (Lipinski definition) is 9. The van der Waals surface area contributed by atoms with E-state index in [2.05, 4.69) is 31.4 Å². The summed E-state index contributed by atoms with van der Waals surface area (Å²) in [7, 11) is 0. The lowest BCUT2D eigenvalue weighted by molar-refractivity contribution is -0.133. The van der Waals surface area contributed by atoms with Gasteiger partial charge in [0.15, 0.2) is 17.1 Å². The quantitative estimate of drug-likeness (QED) is 0.291. The van der Waals surface area contributed by atoms with Gasteiger partial charge in [-0.3, -0.25) is 19.2 Å². The molecule has 3 aromatic rings. The molecule has 0 unspecified atom stereocenters. The standard InChI is InChI=1S/C29H36N6O7/c1-16(2)13-21-29-33-22(15-41-29)25(37)30-12-8-7-11-19(26(38)34-24(17(3)36)28(40)32-21)31-27(39)20-14-23(42-35-20)18-9-5-4-6-10-18/h4-6,9-10,14-17,19,21,24,36H,7-8,11-13H2,1-3H3,(H,30,37)(H,31,39)(H,32,40)(H,34,38)/t17-,19+,21+,24+/m1/s1. The van der Waals surface area contributed by atoms with Gasteiger partial charge >= 0.3 is 0 Å². The number of carbonyl (C=O) groups excluding carboxylic acids is 4.